The summed E-state index contributed by atoms with van der Waals surface area (Å²) < 4.78 is 2.02. The van der Waals surface area contributed by atoms with Gasteiger partial charge in [0.15, 0.2) is 0 Å². The van der Waals surface area contributed by atoms with Crippen molar-refractivity contribution >= 4 is 23.3 Å². The van der Waals surface area contributed by atoms with Crippen LogP contribution in [-0.4, -0.2) is 22.6 Å². The fraction of sp³-hybridized carbons (Fsp3) is 0.318. The minimum Gasteiger partial charge on any atom is -0.305 e. The van der Waals surface area contributed by atoms with Gasteiger partial charge in [0.25, 0.3) is 5.56 Å². The molecule has 1 aliphatic heterocycles. The highest BCUT2D eigenvalue weighted by Gasteiger charge is 2.22. The number of hydrogen-bond donors (Lipinski definition) is 0. The highest BCUT2D eigenvalue weighted by atomic mass is 35.5. The van der Waals surface area contributed by atoms with Crippen LogP contribution in [0.2, 0.25) is 0 Å². The van der Waals surface area contributed by atoms with Gasteiger partial charge in [0, 0.05) is 31.7 Å². The predicted octanol–water partition coefficient (Wildman–Crippen LogP) is 4.57. The maximum atomic E-state index is 12.5. The summed E-state index contributed by atoms with van der Waals surface area (Å²) in [5.41, 5.74) is 3.78. The molecule has 3 nitrogen and oxygen atoms in total. The van der Waals surface area contributed by atoms with Gasteiger partial charge in [-0.2, -0.15) is 0 Å². The zero-order chi connectivity index (χ0) is 17.2. The minimum atomic E-state index is 0. The highest BCUT2D eigenvalue weighted by Crippen LogP contribution is 2.26. The van der Waals surface area contributed by atoms with Crippen LogP contribution in [0.4, 0.5) is 0 Å². The molecule has 0 bridgehead atoms. The molecule has 0 amide bonds. The van der Waals surface area contributed by atoms with Crippen molar-refractivity contribution in [1.82, 2.24) is 9.47 Å². The van der Waals surface area contributed by atoms with E-state index in [-0.39, 0.29) is 18.0 Å². The van der Waals surface area contributed by atoms with Crippen LogP contribution in [0.25, 0.3) is 10.9 Å². The van der Waals surface area contributed by atoms with Gasteiger partial charge in [-0.1, -0.05) is 42.0 Å². The van der Waals surface area contributed by atoms with Crippen molar-refractivity contribution in [1.29, 1.82) is 0 Å². The lowest BCUT2D eigenvalue weighted by Crippen LogP contribution is -2.37. The molecule has 0 atom stereocenters. The van der Waals surface area contributed by atoms with Gasteiger partial charge in [-0.15, -0.1) is 12.4 Å². The molecule has 0 unspecified atom stereocenters. The van der Waals surface area contributed by atoms with Crippen LogP contribution >= 0.6 is 12.4 Å². The number of aromatic nitrogens is 1. The summed E-state index contributed by atoms with van der Waals surface area (Å²) in [6, 6.07) is 21.0. The lowest BCUT2D eigenvalue weighted by molar-refractivity contribution is 0.180. The van der Waals surface area contributed by atoms with E-state index < -0.39 is 0 Å². The van der Waals surface area contributed by atoms with E-state index in [4.69, 9.17) is 0 Å². The standard InChI is InChI=1S/C22H24N2O.ClH/c1-17-7-9-21-19(15-17)8-10-22(25)24(21)20-11-13-23(14-12-20)16-18-5-3-2-4-6-18;/h2-10,15,20H,11-14,16H2,1H3;1H. The monoisotopic (exact) mass is 368 g/mol. The molecule has 136 valence electrons. The Labute approximate surface area is 160 Å². The summed E-state index contributed by atoms with van der Waals surface area (Å²) in [5, 5.41) is 1.16. The van der Waals surface area contributed by atoms with Crippen LogP contribution < -0.4 is 5.56 Å². The molecule has 1 saturated heterocycles. The average molecular weight is 369 g/mol. The fourth-order valence-electron chi connectivity index (χ4n) is 3.94. The third kappa shape index (κ3) is 3.84. The summed E-state index contributed by atoms with van der Waals surface area (Å²) >= 11 is 0. The zero-order valence-corrected chi connectivity index (χ0v) is 15.9. The van der Waals surface area contributed by atoms with Crippen LogP contribution in [-0.2, 0) is 6.54 Å². The van der Waals surface area contributed by atoms with Gasteiger partial charge >= 0.3 is 0 Å². The molecule has 0 saturated carbocycles. The number of likely N-dealkylation sites (tertiary alicyclic amines) is 1. The van der Waals surface area contributed by atoms with Gasteiger partial charge < -0.3 is 4.57 Å². The third-order valence-corrected chi connectivity index (χ3v) is 5.26. The average Bonchev–Trinajstić information content (AvgIpc) is 2.64. The first kappa shape index (κ1) is 18.7. The van der Waals surface area contributed by atoms with Crippen molar-refractivity contribution in [2.24, 2.45) is 0 Å². The van der Waals surface area contributed by atoms with Crippen molar-refractivity contribution in [3.05, 3.63) is 82.1 Å². The molecule has 4 heteroatoms. The predicted molar refractivity (Wildman–Crippen MR) is 110 cm³/mol. The molecule has 0 N–H and O–H groups in total. The number of hydrogen-bond acceptors (Lipinski definition) is 2. The first-order valence-corrected chi connectivity index (χ1v) is 9.09. The number of nitrogens with zero attached hydrogens (tertiary/aromatic N) is 2. The van der Waals surface area contributed by atoms with Crippen molar-refractivity contribution in [2.45, 2.75) is 32.4 Å². The molecule has 2 heterocycles. The van der Waals surface area contributed by atoms with Gasteiger partial charge in [0.2, 0.25) is 0 Å². The molecule has 26 heavy (non-hydrogen) atoms. The topological polar surface area (TPSA) is 25.2 Å². The number of halogens is 1. The molecule has 1 fully saturated rings. The third-order valence-electron chi connectivity index (χ3n) is 5.26. The molecule has 2 aromatic carbocycles. The smallest absolute Gasteiger partial charge is 0.251 e. The van der Waals surface area contributed by atoms with E-state index in [9.17, 15) is 4.79 Å². The van der Waals surface area contributed by atoms with E-state index in [1.165, 1.54) is 11.1 Å². The Balaban J connectivity index is 0.00000196. The van der Waals surface area contributed by atoms with Crippen LogP contribution in [0.1, 0.15) is 30.0 Å². The summed E-state index contributed by atoms with van der Waals surface area (Å²) in [6.45, 7) is 5.16. The summed E-state index contributed by atoms with van der Waals surface area (Å²) in [5.74, 6) is 0. The SMILES string of the molecule is Cc1ccc2c(ccc(=O)n2C2CCN(Cc3ccccc3)CC2)c1.Cl. The maximum absolute atomic E-state index is 12.5. The van der Waals surface area contributed by atoms with Crippen molar-refractivity contribution < 1.29 is 0 Å². The Kier molecular flexibility index (Phi) is 5.80. The Morgan fingerprint density at radius 3 is 2.42 bits per heavy atom. The second-order valence-corrected chi connectivity index (χ2v) is 7.10. The van der Waals surface area contributed by atoms with E-state index in [2.05, 4.69) is 60.4 Å². The van der Waals surface area contributed by atoms with Crippen LogP contribution in [0.15, 0.2) is 65.5 Å². The van der Waals surface area contributed by atoms with Crippen LogP contribution in [0.5, 0.6) is 0 Å². The zero-order valence-electron chi connectivity index (χ0n) is 15.1. The number of fused-ring (bicyclic) bond motifs is 1. The molecular weight excluding hydrogens is 344 g/mol. The molecule has 0 radical (unpaired) electrons. The number of benzene rings is 2. The Bertz CT molecular complexity index is 928. The van der Waals surface area contributed by atoms with Gasteiger partial charge in [-0.3, -0.25) is 9.69 Å². The largest absolute Gasteiger partial charge is 0.305 e. The summed E-state index contributed by atoms with van der Waals surface area (Å²) in [6.07, 6.45) is 2.06. The van der Waals surface area contributed by atoms with E-state index in [1.54, 1.807) is 6.07 Å². The van der Waals surface area contributed by atoms with Crippen LogP contribution in [0, 0.1) is 6.92 Å². The summed E-state index contributed by atoms with van der Waals surface area (Å²) in [7, 11) is 0. The molecule has 4 rings (SSSR count). The second kappa shape index (κ2) is 8.07. The Morgan fingerprint density at radius 2 is 1.69 bits per heavy atom. The van der Waals surface area contributed by atoms with Crippen molar-refractivity contribution in [2.75, 3.05) is 13.1 Å². The van der Waals surface area contributed by atoms with Crippen molar-refractivity contribution in [3.63, 3.8) is 0 Å². The maximum Gasteiger partial charge on any atom is 0.251 e. The number of piperidine rings is 1. The Hall–Kier alpha value is -2.10. The van der Waals surface area contributed by atoms with Gasteiger partial charge in [-0.25, -0.2) is 0 Å². The number of aryl methyl sites for hydroxylation is 1. The first-order chi connectivity index (χ1) is 12.2. The van der Waals surface area contributed by atoms with Crippen molar-refractivity contribution in [3.8, 4) is 0 Å². The van der Waals surface area contributed by atoms with E-state index in [0.29, 0.717) is 6.04 Å². The normalized spacial score (nSPS) is 15.7. The van der Waals surface area contributed by atoms with E-state index in [1.807, 2.05) is 10.6 Å². The fourth-order valence-corrected chi connectivity index (χ4v) is 3.94. The van der Waals surface area contributed by atoms with Gasteiger partial charge in [0.05, 0.1) is 5.52 Å². The Morgan fingerprint density at radius 1 is 0.962 bits per heavy atom. The van der Waals surface area contributed by atoms with Gasteiger partial charge in [-0.05, 0) is 48.9 Å². The van der Waals surface area contributed by atoms with E-state index in [0.717, 1.165) is 43.4 Å². The quantitative estimate of drug-likeness (QED) is 0.676. The minimum absolute atomic E-state index is 0. The van der Waals surface area contributed by atoms with Gasteiger partial charge in [0.1, 0.15) is 0 Å². The number of rotatable bonds is 3. The molecule has 0 aliphatic carbocycles. The highest BCUT2D eigenvalue weighted by molar-refractivity contribution is 5.85. The molecule has 1 aliphatic rings. The summed E-state index contributed by atoms with van der Waals surface area (Å²) in [4.78, 5) is 15.0. The number of pyridine rings is 1. The first-order valence-electron chi connectivity index (χ1n) is 9.09. The van der Waals surface area contributed by atoms with Crippen LogP contribution in [0.3, 0.4) is 0 Å². The lowest BCUT2D eigenvalue weighted by Gasteiger charge is -2.33. The lowest BCUT2D eigenvalue weighted by atomic mass is 10.0. The molecular formula is C22H25ClN2O. The van der Waals surface area contributed by atoms with E-state index >= 15 is 0 Å². The molecule has 1 aromatic heterocycles. The molecule has 3 aromatic rings. The second-order valence-electron chi connectivity index (χ2n) is 7.10. The molecule has 0 spiro atoms.